The van der Waals surface area contributed by atoms with Gasteiger partial charge in [0, 0.05) is 36.1 Å². The van der Waals surface area contributed by atoms with Crippen LogP contribution in [-0.4, -0.2) is 71.0 Å². The largest absolute Gasteiger partial charge is 0.497 e. The summed E-state index contributed by atoms with van der Waals surface area (Å²) in [7, 11) is 3.07. The number of anilines is 1. The summed E-state index contributed by atoms with van der Waals surface area (Å²) in [5.74, 6) is -1.37. The lowest BCUT2D eigenvalue weighted by molar-refractivity contribution is -0.154. The van der Waals surface area contributed by atoms with Crippen molar-refractivity contribution in [3.63, 3.8) is 0 Å². The zero-order valence-corrected chi connectivity index (χ0v) is 26.8. The smallest absolute Gasteiger partial charge is 0.326 e. The molecular weight excluding hydrogens is 635 g/mol. The normalized spacial score (nSPS) is 19.2. The third-order valence-corrected chi connectivity index (χ3v) is 9.19. The van der Waals surface area contributed by atoms with E-state index >= 15 is 0 Å². The molecule has 13 heteroatoms. The van der Waals surface area contributed by atoms with Crippen LogP contribution in [0.5, 0.6) is 11.5 Å². The van der Waals surface area contributed by atoms with E-state index in [0.717, 1.165) is 25.7 Å². The van der Waals surface area contributed by atoms with E-state index in [1.165, 1.54) is 19.5 Å². The SMILES string of the molecule is COc1ccc(OC)c(CC(=O)N2C3CCC(CC3)C2C(=O)N[C@@H](Cc2ccc(NC(=O)c3c(Cl)cncc3Cl)cc2)C(=O)O)c1. The highest BCUT2D eigenvalue weighted by Gasteiger charge is 2.48. The van der Waals surface area contributed by atoms with Crippen LogP contribution in [0.1, 0.15) is 47.2 Å². The number of piperidine rings is 2. The molecule has 3 N–H and O–H groups in total. The number of fused-ring (bicyclic) bond motifs is 3. The summed E-state index contributed by atoms with van der Waals surface area (Å²) >= 11 is 12.2. The van der Waals surface area contributed by atoms with Crippen molar-refractivity contribution >= 4 is 52.6 Å². The van der Waals surface area contributed by atoms with E-state index in [4.69, 9.17) is 32.7 Å². The number of carboxylic acid groups (broad SMARTS) is 1. The molecule has 2 atom stereocenters. The maximum atomic E-state index is 13.8. The number of halogens is 2. The van der Waals surface area contributed by atoms with Crippen molar-refractivity contribution in [2.24, 2.45) is 5.92 Å². The summed E-state index contributed by atoms with van der Waals surface area (Å²) in [6.07, 6.45) is 5.80. The molecule has 3 heterocycles. The Kier molecular flexibility index (Phi) is 10.3. The van der Waals surface area contributed by atoms with Gasteiger partial charge >= 0.3 is 5.97 Å². The van der Waals surface area contributed by atoms with Crippen molar-refractivity contribution in [1.29, 1.82) is 0 Å². The first kappa shape index (κ1) is 33.0. The van der Waals surface area contributed by atoms with Gasteiger partial charge in [0.25, 0.3) is 5.91 Å². The molecule has 11 nitrogen and oxygen atoms in total. The number of amides is 3. The van der Waals surface area contributed by atoms with E-state index in [-0.39, 0.29) is 46.3 Å². The number of pyridine rings is 1. The second kappa shape index (κ2) is 14.4. The highest BCUT2D eigenvalue weighted by atomic mass is 35.5. The lowest BCUT2D eigenvalue weighted by atomic mass is 9.74. The number of benzene rings is 2. The van der Waals surface area contributed by atoms with Crippen LogP contribution in [0.4, 0.5) is 5.69 Å². The van der Waals surface area contributed by atoms with Crippen molar-refractivity contribution in [3.8, 4) is 11.5 Å². The predicted molar refractivity (Wildman–Crippen MR) is 172 cm³/mol. The van der Waals surface area contributed by atoms with E-state index in [1.807, 2.05) is 0 Å². The average Bonchev–Trinajstić information content (AvgIpc) is 3.05. The van der Waals surface area contributed by atoms with Crippen molar-refractivity contribution in [1.82, 2.24) is 15.2 Å². The van der Waals surface area contributed by atoms with Crippen LogP contribution >= 0.6 is 23.2 Å². The highest BCUT2D eigenvalue weighted by molar-refractivity contribution is 6.40. The number of carboxylic acids is 1. The van der Waals surface area contributed by atoms with E-state index in [9.17, 15) is 24.3 Å². The third-order valence-electron chi connectivity index (χ3n) is 8.61. The van der Waals surface area contributed by atoms with Gasteiger partial charge in [-0.15, -0.1) is 0 Å². The standard InChI is InChI=1S/C33H34Cl2N4O7/c1-45-23-11-12-27(46-2)20(14-23)15-28(40)39-22-9-5-19(6-10-22)30(39)32(42)38-26(33(43)44)13-18-3-7-21(8-4-18)37-31(41)29-24(34)16-36-17-25(29)35/h3-4,7-8,11-12,14,16-17,19,22,26,30H,5-6,9-10,13,15H2,1-2H3,(H,37,41)(H,38,42)(H,43,44)/t19?,22?,26-,30?/m0/s1. The fraction of sp³-hybridized carbons (Fsp3) is 0.364. The number of hydrogen-bond donors (Lipinski definition) is 3. The van der Waals surface area contributed by atoms with E-state index in [2.05, 4.69) is 15.6 Å². The molecule has 6 rings (SSSR count). The van der Waals surface area contributed by atoms with Gasteiger partial charge in [-0.25, -0.2) is 4.79 Å². The molecule has 2 bridgehead atoms. The molecule has 0 radical (unpaired) electrons. The minimum atomic E-state index is -1.24. The van der Waals surface area contributed by atoms with Gasteiger partial charge in [-0.1, -0.05) is 35.3 Å². The Morgan fingerprint density at radius 3 is 2.26 bits per heavy atom. The summed E-state index contributed by atoms with van der Waals surface area (Å²) in [5, 5.41) is 15.7. The number of aromatic nitrogens is 1. The van der Waals surface area contributed by atoms with E-state index in [0.29, 0.717) is 28.3 Å². The Balaban J connectivity index is 1.28. The lowest BCUT2D eigenvalue weighted by Crippen LogP contribution is -2.64. The molecule has 3 aromatic rings. The molecule has 1 unspecified atom stereocenters. The third kappa shape index (κ3) is 7.21. The van der Waals surface area contributed by atoms with E-state index < -0.39 is 29.9 Å². The molecular formula is C33H34Cl2N4O7. The number of methoxy groups -OCH3 is 2. The number of ether oxygens (including phenoxy) is 2. The maximum Gasteiger partial charge on any atom is 0.326 e. The molecule has 1 saturated carbocycles. The highest BCUT2D eigenvalue weighted by Crippen LogP contribution is 2.40. The molecule has 3 aliphatic rings. The average molecular weight is 670 g/mol. The van der Waals surface area contributed by atoms with Crippen molar-refractivity contribution in [2.45, 2.75) is 56.7 Å². The maximum absolute atomic E-state index is 13.8. The molecule has 1 aliphatic carbocycles. The Morgan fingerprint density at radius 2 is 1.65 bits per heavy atom. The molecule has 0 spiro atoms. The minimum absolute atomic E-state index is 0.00686. The zero-order chi connectivity index (χ0) is 33.0. The van der Waals surface area contributed by atoms with Crippen molar-refractivity contribution < 1.29 is 33.8 Å². The molecule has 242 valence electrons. The fourth-order valence-corrected chi connectivity index (χ4v) is 6.90. The van der Waals surface area contributed by atoms with Crippen LogP contribution in [0, 0.1) is 5.92 Å². The molecule has 2 aromatic carbocycles. The predicted octanol–water partition coefficient (Wildman–Crippen LogP) is 4.78. The van der Waals surface area contributed by atoms with Gasteiger partial charge in [0.1, 0.15) is 23.6 Å². The number of nitrogens with one attached hydrogen (secondary N) is 2. The van der Waals surface area contributed by atoms with Gasteiger partial charge in [0.15, 0.2) is 0 Å². The Bertz CT molecular complexity index is 1610. The summed E-state index contributed by atoms with van der Waals surface area (Å²) in [6.45, 7) is 0. The van der Waals surface area contributed by atoms with Crippen LogP contribution in [0.15, 0.2) is 54.9 Å². The first-order valence-corrected chi connectivity index (χ1v) is 15.6. The van der Waals surface area contributed by atoms with Gasteiger partial charge in [0.05, 0.1) is 36.2 Å². The molecule has 3 fully saturated rings. The van der Waals surface area contributed by atoms with Crippen LogP contribution in [-0.2, 0) is 27.2 Å². The first-order valence-electron chi connectivity index (χ1n) is 14.8. The Labute approximate surface area is 276 Å². The van der Waals surface area contributed by atoms with E-state index in [1.54, 1.807) is 54.5 Å². The fourth-order valence-electron chi connectivity index (χ4n) is 6.36. The van der Waals surface area contributed by atoms with Crippen LogP contribution < -0.4 is 20.1 Å². The van der Waals surface area contributed by atoms with Crippen molar-refractivity contribution in [3.05, 3.63) is 81.6 Å². The van der Waals surface area contributed by atoms with Gasteiger partial charge in [-0.2, -0.15) is 0 Å². The van der Waals surface area contributed by atoms with Crippen LogP contribution in [0.25, 0.3) is 0 Å². The molecule has 2 saturated heterocycles. The monoisotopic (exact) mass is 668 g/mol. The molecule has 46 heavy (non-hydrogen) atoms. The van der Waals surface area contributed by atoms with Gasteiger partial charge in [-0.3, -0.25) is 19.4 Å². The molecule has 1 aromatic heterocycles. The molecule has 2 aliphatic heterocycles. The number of aliphatic carboxylic acids is 1. The van der Waals surface area contributed by atoms with Crippen molar-refractivity contribution in [2.75, 3.05) is 19.5 Å². The molecule has 3 amide bonds. The first-order chi connectivity index (χ1) is 22.1. The Morgan fingerprint density at radius 1 is 0.978 bits per heavy atom. The topological polar surface area (TPSA) is 147 Å². The second-order valence-electron chi connectivity index (χ2n) is 11.4. The minimum Gasteiger partial charge on any atom is -0.497 e. The summed E-state index contributed by atoms with van der Waals surface area (Å²) in [6, 6.07) is 9.66. The number of carbonyl (C=O) groups excluding carboxylic acids is 3. The number of nitrogens with zero attached hydrogens (tertiary/aromatic N) is 2. The van der Waals surface area contributed by atoms with Gasteiger partial charge < -0.3 is 30.1 Å². The number of hydrogen-bond acceptors (Lipinski definition) is 7. The van der Waals surface area contributed by atoms with Gasteiger partial charge in [-0.05, 0) is 67.5 Å². The second-order valence-corrected chi connectivity index (χ2v) is 12.2. The Hall–Kier alpha value is -4.35. The van der Waals surface area contributed by atoms with Gasteiger partial charge in [0.2, 0.25) is 11.8 Å². The summed E-state index contributed by atoms with van der Waals surface area (Å²) in [5.41, 5.74) is 1.78. The lowest BCUT2D eigenvalue weighted by Gasteiger charge is -2.50. The van der Waals surface area contributed by atoms with Crippen LogP contribution in [0.2, 0.25) is 10.0 Å². The zero-order valence-electron chi connectivity index (χ0n) is 25.3. The summed E-state index contributed by atoms with van der Waals surface area (Å²) in [4.78, 5) is 58.0. The van der Waals surface area contributed by atoms with Crippen LogP contribution in [0.3, 0.4) is 0 Å². The quantitative estimate of drug-likeness (QED) is 0.264. The summed E-state index contributed by atoms with van der Waals surface area (Å²) < 4.78 is 10.8. The number of carbonyl (C=O) groups is 4. The number of rotatable bonds is 11.